The maximum absolute atomic E-state index is 12.7. The van der Waals surface area contributed by atoms with Crippen LogP contribution in [0.4, 0.5) is 0 Å². The molecule has 0 saturated carbocycles. The predicted molar refractivity (Wildman–Crippen MR) is 73.2 cm³/mol. The number of hydrogen-bond acceptors (Lipinski definition) is 2. The Bertz CT molecular complexity index is 515. The van der Waals surface area contributed by atoms with Crippen LogP contribution in [0.5, 0.6) is 0 Å². The topological polar surface area (TPSA) is 37.4 Å². The molecule has 2 rings (SSSR count). The van der Waals surface area contributed by atoms with Gasteiger partial charge in [-0.05, 0) is 30.9 Å². The molecular formula is C13H18ClNO2S. The smallest absolute Gasteiger partial charge is 0.207 e. The van der Waals surface area contributed by atoms with Crippen LogP contribution in [0, 0.1) is 0 Å². The van der Waals surface area contributed by atoms with Crippen LogP contribution in [0.2, 0.25) is 0 Å². The molecule has 1 atom stereocenters. The van der Waals surface area contributed by atoms with Crippen molar-refractivity contribution in [3.8, 4) is 0 Å². The molecular weight excluding hydrogens is 270 g/mol. The van der Waals surface area contributed by atoms with E-state index in [0.717, 1.165) is 19.3 Å². The molecule has 1 aromatic carbocycles. The van der Waals surface area contributed by atoms with E-state index >= 15 is 0 Å². The van der Waals surface area contributed by atoms with Crippen LogP contribution in [-0.4, -0.2) is 25.3 Å². The molecule has 0 N–H and O–H groups in total. The van der Waals surface area contributed by atoms with E-state index in [2.05, 4.69) is 0 Å². The molecule has 5 heteroatoms. The van der Waals surface area contributed by atoms with Gasteiger partial charge in [0, 0.05) is 18.5 Å². The quantitative estimate of drug-likeness (QED) is 0.799. The summed E-state index contributed by atoms with van der Waals surface area (Å²) in [7, 11) is -3.39. The summed E-state index contributed by atoms with van der Waals surface area (Å²) >= 11 is 5.83. The minimum atomic E-state index is -3.39. The van der Waals surface area contributed by atoms with Gasteiger partial charge < -0.3 is 0 Å². The third kappa shape index (κ3) is 2.42. The molecule has 1 heterocycles. The lowest BCUT2D eigenvalue weighted by molar-refractivity contribution is 0.379. The fourth-order valence-corrected chi connectivity index (χ4v) is 4.83. The van der Waals surface area contributed by atoms with Gasteiger partial charge in [-0.1, -0.05) is 25.1 Å². The Morgan fingerprint density at radius 2 is 2.11 bits per heavy atom. The van der Waals surface area contributed by atoms with Gasteiger partial charge in [0.1, 0.15) is 0 Å². The van der Waals surface area contributed by atoms with Crippen molar-refractivity contribution >= 4 is 21.6 Å². The number of hydrogen-bond donors (Lipinski definition) is 0. The Labute approximate surface area is 114 Å². The average Bonchev–Trinajstić information content (AvgIpc) is 2.87. The lowest BCUT2D eigenvalue weighted by Gasteiger charge is -2.24. The molecule has 18 heavy (non-hydrogen) atoms. The van der Waals surface area contributed by atoms with Crippen LogP contribution >= 0.6 is 11.6 Å². The number of alkyl halides is 1. The van der Waals surface area contributed by atoms with Crippen molar-refractivity contribution in [3.05, 3.63) is 29.8 Å². The normalized spacial score (nSPS) is 21.3. The highest BCUT2D eigenvalue weighted by Gasteiger charge is 2.34. The molecule has 1 aromatic rings. The maximum Gasteiger partial charge on any atom is 0.243 e. The second-order valence-corrected chi connectivity index (χ2v) is 6.69. The Hall–Kier alpha value is -0.580. The van der Waals surface area contributed by atoms with Crippen LogP contribution in [0.3, 0.4) is 0 Å². The van der Waals surface area contributed by atoms with Crippen LogP contribution in [-0.2, 0) is 15.9 Å². The summed E-state index contributed by atoms with van der Waals surface area (Å²) in [5, 5.41) is 0. The highest BCUT2D eigenvalue weighted by Crippen LogP contribution is 2.29. The first kappa shape index (κ1) is 13.8. The summed E-state index contributed by atoms with van der Waals surface area (Å²) in [6, 6.07) is 7.13. The number of nitrogens with zero attached hydrogens (tertiary/aromatic N) is 1. The summed E-state index contributed by atoms with van der Waals surface area (Å²) in [5.74, 6) is 0.222. The van der Waals surface area contributed by atoms with E-state index in [0.29, 0.717) is 17.0 Å². The maximum atomic E-state index is 12.7. The van der Waals surface area contributed by atoms with Crippen LogP contribution in [0.1, 0.15) is 31.7 Å². The fraction of sp³-hybridized carbons (Fsp3) is 0.538. The summed E-state index contributed by atoms with van der Waals surface area (Å²) in [6.45, 7) is 2.66. The second kappa shape index (κ2) is 5.59. The average molecular weight is 288 g/mol. The summed E-state index contributed by atoms with van der Waals surface area (Å²) in [6.07, 6.45) is 2.77. The standard InChI is InChI=1S/C13H18ClNO2S/c1-2-12-7-5-9-15(12)18(16,17)13-8-4-3-6-11(13)10-14/h3-4,6,8,12H,2,5,7,9-10H2,1H3. The highest BCUT2D eigenvalue weighted by molar-refractivity contribution is 7.89. The zero-order chi connectivity index (χ0) is 13.2. The van der Waals surface area contributed by atoms with Gasteiger partial charge in [-0.15, -0.1) is 11.6 Å². The molecule has 3 nitrogen and oxygen atoms in total. The van der Waals surface area contributed by atoms with E-state index in [-0.39, 0.29) is 11.9 Å². The van der Waals surface area contributed by atoms with E-state index in [4.69, 9.17) is 11.6 Å². The van der Waals surface area contributed by atoms with Crippen LogP contribution < -0.4 is 0 Å². The summed E-state index contributed by atoms with van der Waals surface area (Å²) in [4.78, 5) is 0.361. The molecule has 1 aliphatic heterocycles. The van der Waals surface area contributed by atoms with E-state index in [1.54, 1.807) is 22.5 Å². The number of benzene rings is 1. The predicted octanol–water partition coefficient (Wildman–Crippen LogP) is 2.99. The van der Waals surface area contributed by atoms with Crippen molar-refractivity contribution in [1.29, 1.82) is 0 Å². The second-order valence-electron chi connectivity index (χ2n) is 4.56. The van der Waals surface area contributed by atoms with Gasteiger partial charge in [0.2, 0.25) is 10.0 Å². The molecule has 0 bridgehead atoms. The van der Waals surface area contributed by atoms with Gasteiger partial charge in [0.25, 0.3) is 0 Å². The van der Waals surface area contributed by atoms with Crippen LogP contribution in [0.15, 0.2) is 29.2 Å². The monoisotopic (exact) mass is 287 g/mol. The molecule has 0 amide bonds. The molecule has 1 fully saturated rings. The van der Waals surface area contributed by atoms with Gasteiger partial charge in [-0.3, -0.25) is 0 Å². The molecule has 0 spiro atoms. The van der Waals surface area contributed by atoms with E-state index in [1.165, 1.54) is 0 Å². The van der Waals surface area contributed by atoms with E-state index in [9.17, 15) is 8.42 Å². The van der Waals surface area contributed by atoms with Crippen molar-refractivity contribution in [2.75, 3.05) is 6.54 Å². The number of rotatable bonds is 4. The van der Waals surface area contributed by atoms with Crippen molar-refractivity contribution in [2.24, 2.45) is 0 Å². The van der Waals surface area contributed by atoms with Crippen molar-refractivity contribution in [2.45, 2.75) is 43.0 Å². The van der Waals surface area contributed by atoms with Gasteiger partial charge >= 0.3 is 0 Å². The van der Waals surface area contributed by atoms with Crippen molar-refractivity contribution in [3.63, 3.8) is 0 Å². The summed E-state index contributed by atoms with van der Waals surface area (Å²) in [5.41, 5.74) is 0.681. The lowest BCUT2D eigenvalue weighted by Crippen LogP contribution is -2.35. The lowest BCUT2D eigenvalue weighted by atomic mass is 10.2. The molecule has 1 aliphatic rings. The minimum absolute atomic E-state index is 0.137. The molecule has 0 aromatic heterocycles. The molecule has 0 aliphatic carbocycles. The first-order valence-corrected chi connectivity index (χ1v) is 8.24. The highest BCUT2D eigenvalue weighted by atomic mass is 35.5. The Balaban J connectivity index is 2.42. The third-order valence-corrected chi connectivity index (χ3v) is 5.84. The largest absolute Gasteiger partial charge is 0.243 e. The number of sulfonamides is 1. The Morgan fingerprint density at radius 1 is 1.39 bits per heavy atom. The Kier molecular flexibility index (Phi) is 4.30. The van der Waals surface area contributed by atoms with Crippen LogP contribution in [0.25, 0.3) is 0 Å². The van der Waals surface area contributed by atoms with Crippen molar-refractivity contribution in [1.82, 2.24) is 4.31 Å². The third-order valence-electron chi connectivity index (χ3n) is 3.50. The minimum Gasteiger partial charge on any atom is -0.207 e. The zero-order valence-electron chi connectivity index (χ0n) is 10.5. The first-order valence-electron chi connectivity index (χ1n) is 6.27. The summed E-state index contributed by atoms with van der Waals surface area (Å²) < 4.78 is 26.9. The number of halogens is 1. The SMILES string of the molecule is CCC1CCCN1S(=O)(=O)c1ccccc1CCl. The van der Waals surface area contributed by atoms with Gasteiger partial charge in [-0.25, -0.2) is 8.42 Å². The van der Waals surface area contributed by atoms with E-state index < -0.39 is 10.0 Å². The Morgan fingerprint density at radius 3 is 2.78 bits per heavy atom. The van der Waals surface area contributed by atoms with Crippen molar-refractivity contribution < 1.29 is 8.42 Å². The molecule has 0 radical (unpaired) electrons. The van der Waals surface area contributed by atoms with Gasteiger partial charge in [0.15, 0.2) is 0 Å². The van der Waals surface area contributed by atoms with E-state index in [1.807, 2.05) is 13.0 Å². The molecule has 100 valence electrons. The zero-order valence-corrected chi connectivity index (χ0v) is 12.0. The molecule has 1 saturated heterocycles. The first-order chi connectivity index (χ1) is 8.61. The van der Waals surface area contributed by atoms with Gasteiger partial charge in [-0.2, -0.15) is 4.31 Å². The molecule has 1 unspecified atom stereocenters. The fourth-order valence-electron chi connectivity index (χ4n) is 2.53. The van der Waals surface area contributed by atoms with Gasteiger partial charge in [0.05, 0.1) is 4.90 Å².